The van der Waals surface area contributed by atoms with Crippen LogP contribution in [0.25, 0.3) is 0 Å². The molecule has 1 N–H and O–H groups in total. The van der Waals surface area contributed by atoms with Gasteiger partial charge in [0.2, 0.25) is 10.6 Å². The molecule has 0 bridgehead atoms. The van der Waals surface area contributed by atoms with Crippen molar-refractivity contribution in [1.82, 2.24) is 14.9 Å². The van der Waals surface area contributed by atoms with Gasteiger partial charge >= 0.3 is 0 Å². The fraction of sp³-hybridized carbons (Fsp3) is 0.235. The molecule has 0 aliphatic rings. The van der Waals surface area contributed by atoms with Crippen LogP contribution in [-0.2, 0) is 6.61 Å². The fourth-order valence-electron chi connectivity index (χ4n) is 2.17. The summed E-state index contributed by atoms with van der Waals surface area (Å²) in [6.07, 6.45) is -1.53. The Bertz CT molecular complexity index is 963. The number of nitrogens with zero attached hydrogens (tertiary/aromatic N) is 3. The smallest absolute Gasteiger partial charge is 0.299 e. The number of furan rings is 1. The van der Waals surface area contributed by atoms with E-state index in [4.69, 9.17) is 26.1 Å². The lowest BCUT2D eigenvalue weighted by Crippen LogP contribution is -1.99. The second-order valence-electron chi connectivity index (χ2n) is 5.24. The van der Waals surface area contributed by atoms with Gasteiger partial charge in [-0.3, -0.25) is 0 Å². The van der Waals surface area contributed by atoms with E-state index in [9.17, 15) is 8.78 Å². The van der Waals surface area contributed by atoms with Crippen LogP contribution in [0.3, 0.4) is 0 Å². The number of aromatic nitrogens is 3. The lowest BCUT2D eigenvalue weighted by molar-refractivity contribution is 0.136. The number of H-pyrrole nitrogens is 1. The standard InChI is InChI=1S/C17H16F2N4O3S/c1-2-24-11-3-5-12(6-4-11)25-10-14-8-7-13(26-14)9-20-23-16(15(18)19)21-22-17(23)27/h3-9,15H,2,10H2,1H3,(H,22,27). The molecular weight excluding hydrogens is 378 g/mol. The Morgan fingerprint density at radius 3 is 2.59 bits per heavy atom. The molecule has 0 saturated heterocycles. The molecule has 0 atom stereocenters. The lowest BCUT2D eigenvalue weighted by Gasteiger charge is -2.06. The number of rotatable bonds is 8. The van der Waals surface area contributed by atoms with Crippen molar-refractivity contribution >= 4 is 18.4 Å². The molecule has 0 radical (unpaired) electrons. The van der Waals surface area contributed by atoms with Crippen molar-refractivity contribution in [3.05, 3.63) is 58.5 Å². The predicted octanol–water partition coefficient (Wildman–Crippen LogP) is 4.33. The molecule has 2 aromatic heterocycles. The van der Waals surface area contributed by atoms with Crippen molar-refractivity contribution in [3.8, 4) is 11.5 Å². The van der Waals surface area contributed by atoms with Gasteiger partial charge < -0.3 is 13.9 Å². The van der Waals surface area contributed by atoms with Gasteiger partial charge in [0.15, 0.2) is 0 Å². The number of halogens is 2. The van der Waals surface area contributed by atoms with Crippen molar-refractivity contribution in [2.24, 2.45) is 5.10 Å². The molecule has 10 heteroatoms. The number of alkyl halides is 2. The third-order valence-corrected chi connectivity index (χ3v) is 3.63. The normalized spacial score (nSPS) is 11.4. The first kappa shape index (κ1) is 18.8. The van der Waals surface area contributed by atoms with E-state index in [0.717, 1.165) is 10.4 Å². The number of ether oxygens (including phenoxy) is 2. The van der Waals surface area contributed by atoms with Crippen LogP contribution in [0.15, 0.2) is 45.9 Å². The van der Waals surface area contributed by atoms with Crippen molar-refractivity contribution in [3.63, 3.8) is 0 Å². The maximum absolute atomic E-state index is 12.8. The highest BCUT2D eigenvalue weighted by Gasteiger charge is 2.16. The van der Waals surface area contributed by atoms with E-state index in [1.807, 2.05) is 19.1 Å². The van der Waals surface area contributed by atoms with Gasteiger partial charge in [-0.05, 0) is 55.5 Å². The highest BCUT2D eigenvalue weighted by molar-refractivity contribution is 7.71. The quantitative estimate of drug-likeness (QED) is 0.454. The van der Waals surface area contributed by atoms with Crippen LogP contribution >= 0.6 is 12.2 Å². The molecule has 0 amide bonds. The summed E-state index contributed by atoms with van der Waals surface area (Å²) < 4.78 is 43.0. The molecule has 2 heterocycles. The number of hydrogen-bond acceptors (Lipinski definition) is 6. The van der Waals surface area contributed by atoms with E-state index in [1.54, 1.807) is 24.3 Å². The molecule has 3 rings (SSSR count). The van der Waals surface area contributed by atoms with Crippen LogP contribution in [-0.4, -0.2) is 27.7 Å². The maximum atomic E-state index is 12.8. The Labute approximate surface area is 158 Å². The summed E-state index contributed by atoms with van der Waals surface area (Å²) in [6.45, 7) is 2.71. The number of benzene rings is 1. The first-order valence-electron chi connectivity index (χ1n) is 8.01. The van der Waals surface area contributed by atoms with Gasteiger partial charge in [0.05, 0.1) is 12.8 Å². The van der Waals surface area contributed by atoms with Gasteiger partial charge in [-0.25, -0.2) is 13.9 Å². The van der Waals surface area contributed by atoms with Crippen molar-refractivity contribution in [1.29, 1.82) is 0 Å². The highest BCUT2D eigenvalue weighted by Crippen LogP contribution is 2.19. The molecule has 0 fully saturated rings. The summed E-state index contributed by atoms with van der Waals surface area (Å²) >= 11 is 4.87. The molecular formula is C17H16F2N4O3S. The zero-order chi connectivity index (χ0) is 19.2. The van der Waals surface area contributed by atoms with E-state index in [0.29, 0.717) is 23.9 Å². The van der Waals surface area contributed by atoms with Crippen LogP contribution in [0.1, 0.15) is 30.7 Å². The topological polar surface area (TPSA) is 77.6 Å². The van der Waals surface area contributed by atoms with Crippen molar-refractivity contribution in [2.75, 3.05) is 6.61 Å². The fourth-order valence-corrected chi connectivity index (χ4v) is 2.35. The summed E-state index contributed by atoms with van der Waals surface area (Å²) in [4.78, 5) is 0. The minimum Gasteiger partial charge on any atom is -0.494 e. The maximum Gasteiger partial charge on any atom is 0.299 e. The first-order valence-corrected chi connectivity index (χ1v) is 8.42. The van der Waals surface area contributed by atoms with Gasteiger partial charge in [-0.1, -0.05) is 0 Å². The Morgan fingerprint density at radius 1 is 1.22 bits per heavy atom. The Balaban J connectivity index is 1.62. The monoisotopic (exact) mass is 394 g/mol. The van der Waals surface area contributed by atoms with Gasteiger partial charge in [0.25, 0.3) is 6.43 Å². The molecule has 7 nitrogen and oxygen atoms in total. The van der Waals surface area contributed by atoms with Crippen LogP contribution in [0.2, 0.25) is 0 Å². The highest BCUT2D eigenvalue weighted by atomic mass is 32.1. The first-order chi connectivity index (χ1) is 13.1. The third kappa shape index (κ3) is 4.79. The van der Waals surface area contributed by atoms with Crippen LogP contribution in [0, 0.1) is 4.77 Å². The Hall–Kier alpha value is -3.01. The minimum absolute atomic E-state index is 0.0350. The zero-order valence-electron chi connectivity index (χ0n) is 14.3. The average Bonchev–Trinajstić information content (AvgIpc) is 3.26. The molecule has 0 aliphatic heterocycles. The van der Waals surface area contributed by atoms with E-state index >= 15 is 0 Å². The third-order valence-electron chi connectivity index (χ3n) is 3.37. The largest absolute Gasteiger partial charge is 0.494 e. The lowest BCUT2D eigenvalue weighted by atomic mass is 10.3. The Kier molecular flexibility index (Phi) is 5.97. The Morgan fingerprint density at radius 2 is 1.93 bits per heavy atom. The second-order valence-corrected chi connectivity index (χ2v) is 5.63. The van der Waals surface area contributed by atoms with Crippen molar-refractivity contribution in [2.45, 2.75) is 20.0 Å². The summed E-state index contributed by atoms with van der Waals surface area (Å²) in [5, 5.41) is 9.59. The molecule has 27 heavy (non-hydrogen) atoms. The van der Waals surface area contributed by atoms with Crippen LogP contribution in [0.5, 0.6) is 11.5 Å². The van der Waals surface area contributed by atoms with Gasteiger partial charge in [0, 0.05) is 0 Å². The molecule has 3 aromatic rings. The van der Waals surface area contributed by atoms with Crippen molar-refractivity contribution < 1.29 is 22.7 Å². The number of nitrogens with one attached hydrogen (secondary N) is 1. The molecule has 0 aliphatic carbocycles. The second kappa shape index (κ2) is 8.58. The zero-order valence-corrected chi connectivity index (χ0v) is 15.1. The van der Waals surface area contributed by atoms with Crippen LogP contribution < -0.4 is 9.47 Å². The average molecular weight is 394 g/mol. The minimum atomic E-state index is -2.80. The van der Waals surface area contributed by atoms with E-state index in [1.165, 1.54) is 6.21 Å². The predicted molar refractivity (Wildman–Crippen MR) is 96.0 cm³/mol. The molecule has 0 spiro atoms. The van der Waals surface area contributed by atoms with Gasteiger partial charge in [0.1, 0.15) is 29.6 Å². The summed E-state index contributed by atoms with van der Waals surface area (Å²) in [7, 11) is 0. The van der Waals surface area contributed by atoms with Crippen LogP contribution in [0.4, 0.5) is 8.78 Å². The molecule has 0 saturated carbocycles. The molecule has 1 aromatic carbocycles. The SMILES string of the molecule is CCOc1ccc(OCc2ccc(C=Nn3c(C(F)F)n[nH]c3=S)o2)cc1. The van der Waals surface area contributed by atoms with Gasteiger partial charge in [-0.15, -0.1) is 0 Å². The summed E-state index contributed by atoms with van der Waals surface area (Å²) in [5.41, 5.74) is 0. The summed E-state index contributed by atoms with van der Waals surface area (Å²) in [5.74, 6) is 1.78. The van der Waals surface area contributed by atoms with E-state index < -0.39 is 12.2 Å². The van der Waals surface area contributed by atoms with Gasteiger partial charge in [-0.2, -0.15) is 14.9 Å². The number of aromatic amines is 1. The molecule has 142 valence electrons. The summed E-state index contributed by atoms with van der Waals surface area (Å²) in [6, 6.07) is 10.6. The number of hydrogen-bond donors (Lipinski definition) is 1. The molecule has 0 unspecified atom stereocenters. The van der Waals surface area contributed by atoms with E-state index in [2.05, 4.69) is 15.3 Å². The van der Waals surface area contributed by atoms with E-state index in [-0.39, 0.29) is 11.4 Å².